The summed E-state index contributed by atoms with van der Waals surface area (Å²) in [5, 5.41) is 2.23. The van der Waals surface area contributed by atoms with Crippen LogP contribution in [0.15, 0.2) is 15.1 Å². The number of nitrogens with zero attached hydrogens (tertiary/aromatic N) is 3. The summed E-state index contributed by atoms with van der Waals surface area (Å²) < 4.78 is 1.13. The maximum absolute atomic E-state index is 11.0. The smallest absolute Gasteiger partial charge is 0.266 e. The number of H-pyrrole nitrogens is 1. The van der Waals surface area contributed by atoms with E-state index in [4.69, 9.17) is 34.8 Å². The molecule has 1 N–H and O–H groups in total. The van der Waals surface area contributed by atoms with Gasteiger partial charge in [-0.05, 0) is 57.7 Å². The second-order valence-electron chi connectivity index (χ2n) is 3.29. The number of aromatic amines is 1. The van der Waals surface area contributed by atoms with E-state index in [9.17, 15) is 4.79 Å². The molecular weight excluding hydrogens is 616 g/mol. The predicted molar refractivity (Wildman–Crippen MR) is 111 cm³/mol. The monoisotopic (exact) mass is 622 g/mol. The van der Waals surface area contributed by atoms with Gasteiger partial charge in [0.2, 0.25) is 0 Å². The Morgan fingerprint density at radius 3 is 1.82 bits per heavy atom. The van der Waals surface area contributed by atoms with Gasteiger partial charge in [0.1, 0.15) is 13.9 Å². The zero-order chi connectivity index (χ0) is 16.9. The number of rotatable bonds is 2. The van der Waals surface area contributed by atoms with Crippen LogP contribution in [-0.2, 0) is 0 Å². The second kappa shape index (κ2) is 10.1. The van der Waals surface area contributed by atoms with Crippen LogP contribution in [0.3, 0.4) is 0 Å². The summed E-state index contributed by atoms with van der Waals surface area (Å²) in [6.45, 7) is 0. The highest BCUT2D eigenvalue weighted by atomic mass is 127. The standard InChI is InChI=1S/C5H3Cl2IN2S.C5H4ClIN2OS/c1-11-5-9-3(6)2(8)4(7)10-5;1-11-5-8-3(6)2(7)4(10)9-5/h1H3;1H3,(H,8,9,10). The molecule has 2 aromatic rings. The molecule has 5 nitrogen and oxygen atoms in total. The fraction of sp³-hybridized carbons (Fsp3) is 0.200. The highest BCUT2D eigenvalue weighted by molar-refractivity contribution is 14.1. The van der Waals surface area contributed by atoms with Crippen molar-refractivity contribution in [1.82, 2.24) is 19.9 Å². The number of halogens is 5. The topological polar surface area (TPSA) is 71.5 Å². The molecule has 12 heteroatoms. The Labute approximate surface area is 177 Å². The normalized spacial score (nSPS) is 10.1. The van der Waals surface area contributed by atoms with Gasteiger partial charge in [0, 0.05) is 0 Å². The zero-order valence-electron chi connectivity index (χ0n) is 11.0. The van der Waals surface area contributed by atoms with Crippen molar-refractivity contribution in [3.63, 3.8) is 0 Å². The molecule has 0 aliphatic heterocycles. The first kappa shape index (κ1) is 21.0. The fourth-order valence-electron chi connectivity index (χ4n) is 0.976. The zero-order valence-corrected chi connectivity index (χ0v) is 19.2. The van der Waals surface area contributed by atoms with Gasteiger partial charge in [-0.1, -0.05) is 58.3 Å². The lowest BCUT2D eigenvalue weighted by Crippen LogP contribution is -2.12. The molecule has 0 saturated carbocycles. The van der Waals surface area contributed by atoms with Crippen LogP contribution in [0.4, 0.5) is 0 Å². The molecule has 0 saturated heterocycles. The van der Waals surface area contributed by atoms with Gasteiger partial charge in [-0.15, -0.1) is 0 Å². The lowest BCUT2D eigenvalue weighted by Gasteiger charge is -1.99. The van der Waals surface area contributed by atoms with Crippen LogP contribution in [-0.4, -0.2) is 32.4 Å². The molecule has 0 aliphatic carbocycles. The number of hydrogen-bond acceptors (Lipinski definition) is 6. The summed E-state index contributed by atoms with van der Waals surface area (Å²) in [6, 6.07) is 0. The summed E-state index contributed by atoms with van der Waals surface area (Å²) in [6.07, 6.45) is 3.69. The minimum atomic E-state index is -0.185. The van der Waals surface area contributed by atoms with E-state index in [1.165, 1.54) is 23.5 Å². The first-order valence-electron chi connectivity index (χ1n) is 5.22. The summed E-state index contributed by atoms with van der Waals surface area (Å²) >= 11 is 23.7. The molecule has 0 amide bonds. The third-order valence-electron chi connectivity index (χ3n) is 1.93. The lowest BCUT2D eigenvalue weighted by molar-refractivity contribution is 0.928. The quantitative estimate of drug-likeness (QED) is 0.223. The van der Waals surface area contributed by atoms with Crippen molar-refractivity contribution >= 4 is 104 Å². The SMILES string of the molecule is CSc1nc(Cl)c(I)c(=O)[nH]1.CSc1nc(Cl)c(I)c(Cl)n1. The minimum absolute atomic E-state index is 0.185. The van der Waals surface area contributed by atoms with E-state index in [2.05, 4.69) is 19.9 Å². The van der Waals surface area contributed by atoms with Crippen LogP contribution in [0.1, 0.15) is 0 Å². The Balaban J connectivity index is 0.000000220. The number of thioether (sulfide) groups is 2. The molecule has 0 atom stereocenters. The van der Waals surface area contributed by atoms with Crippen molar-refractivity contribution in [2.24, 2.45) is 0 Å². The van der Waals surface area contributed by atoms with Crippen molar-refractivity contribution in [2.45, 2.75) is 10.3 Å². The Morgan fingerprint density at radius 2 is 1.41 bits per heavy atom. The highest BCUT2D eigenvalue weighted by Gasteiger charge is 2.07. The lowest BCUT2D eigenvalue weighted by atomic mass is 10.7. The van der Waals surface area contributed by atoms with Gasteiger partial charge in [0.05, 0.1) is 3.57 Å². The molecule has 2 heterocycles. The number of hydrogen-bond donors (Lipinski definition) is 1. The van der Waals surface area contributed by atoms with Crippen molar-refractivity contribution < 1.29 is 0 Å². The minimum Gasteiger partial charge on any atom is -0.300 e. The highest BCUT2D eigenvalue weighted by Crippen LogP contribution is 2.25. The maximum Gasteiger partial charge on any atom is 0.266 e. The van der Waals surface area contributed by atoms with Gasteiger partial charge in [0.25, 0.3) is 5.56 Å². The van der Waals surface area contributed by atoms with E-state index >= 15 is 0 Å². The largest absolute Gasteiger partial charge is 0.300 e. The third-order valence-corrected chi connectivity index (χ3v) is 6.85. The van der Waals surface area contributed by atoms with Crippen LogP contribution in [0.25, 0.3) is 0 Å². The van der Waals surface area contributed by atoms with Crippen molar-refractivity contribution in [1.29, 1.82) is 0 Å². The molecule has 0 radical (unpaired) electrons. The molecule has 2 rings (SSSR count). The molecule has 0 bridgehead atoms. The maximum atomic E-state index is 11.0. The predicted octanol–water partition coefficient (Wildman–Crippen LogP) is 4.86. The summed E-state index contributed by atoms with van der Waals surface area (Å²) in [5.74, 6) is 0. The molecule has 22 heavy (non-hydrogen) atoms. The average Bonchev–Trinajstić information content (AvgIpc) is 2.49. The van der Waals surface area contributed by atoms with Crippen LogP contribution in [0.5, 0.6) is 0 Å². The number of aromatic nitrogens is 4. The van der Waals surface area contributed by atoms with Crippen molar-refractivity contribution in [3.8, 4) is 0 Å². The molecule has 0 fully saturated rings. The Kier molecular flexibility index (Phi) is 9.64. The molecule has 0 unspecified atom stereocenters. The second-order valence-corrected chi connectivity index (χ2v) is 8.09. The van der Waals surface area contributed by atoms with E-state index in [1.54, 1.807) is 0 Å². The van der Waals surface area contributed by atoms with E-state index in [1.807, 2.05) is 57.7 Å². The van der Waals surface area contributed by atoms with Gasteiger partial charge in [-0.25, -0.2) is 15.0 Å². The average molecular weight is 623 g/mol. The molecular formula is C10H7Cl3I2N4OS2. The summed E-state index contributed by atoms with van der Waals surface area (Å²) in [4.78, 5) is 25.5. The van der Waals surface area contributed by atoms with Gasteiger partial charge >= 0.3 is 0 Å². The van der Waals surface area contributed by atoms with Crippen molar-refractivity contribution in [3.05, 3.63) is 33.0 Å². The molecule has 2 aromatic heterocycles. The molecule has 0 aliphatic rings. The van der Waals surface area contributed by atoms with Crippen LogP contribution >= 0.6 is 104 Å². The van der Waals surface area contributed by atoms with Gasteiger partial charge < -0.3 is 4.98 Å². The van der Waals surface area contributed by atoms with Crippen LogP contribution < -0.4 is 5.56 Å². The van der Waals surface area contributed by atoms with Gasteiger partial charge in [0.15, 0.2) is 15.5 Å². The van der Waals surface area contributed by atoms with Gasteiger partial charge in [-0.2, -0.15) is 0 Å². The van der Waals surface area contributed by atoms with E-state index in [-0.39, 0.29) is 10.7 Å². The fourth-order valence-corrected chi connectivity index (χ4v) is 2.92. The van der Waals surface area contributed by atoms with Crippen LogP contribution in [0, 0.1) is 7.14 Å². The van der Waals surface area contributed by atoms with Crippen LogP contribution in [0.2, 0.25) is 15.5 Å². The Hall–Kier alpha value is 0.990. The number of nitrogens with one attached hydrogen (secondary N) is 1. The van der Waals surface area contributed by atoms with E-state index in [0.29, 0.717) is 27.8 Å². The summed E-state index contributed by atoms with van der Waals surface area (Å²) in [5.41, 5.74) is -0.185. The Bertz CT molecular complexity index is 709. The Morgan fingerprint density at radius 1 is 0.909 bits per heavy atom. The summed E-state index contributed by atoms with van der Waals surface area (Å²) in [7, 11) is 0. The molecule has 0 spiro atoms. The molecule has 120 valence electrons. The third kappa shape index (κ3) is 6.13. The van der Waals surface area contributed by atoms with Crippen molar-refractivity contribution in [2.75, 3.05) is 12.5 Å². The first-order chi connectivity index (χ1) is 10.3. The van der Waals surface area contributed by atoms with E-state index < -0.39 is 0 Å². The molecule has 0 aromatic carbocycles. The van der Waals surface area contributed by atoms with E-state index in [0.717, 1.165) is 0 Å². The first-order valence-corrected chi connectivity index (χ1v) is 11.0. The van der Waals surface area contributed by atoms with Gasteiger partial charge in [-0.3, -0.25) is 4.79 Å².